The lowest BCUT2D eigenvalue weighted by Crippen LogP contribution is -2.41. The summed E-state index contributed by atoms with van der Waals surface area (Å²) in [6.45, 7) is 8.39. The highest BCUT2D eigenvalue weighted by Gasteiger charge is 2.25. The zero-order chi connectivity index (χ0) is 17.8. The SMILES string of the molecule is Cc1ccc(OC[C@H]2CCCN(C(=O)c3cnn(C(C)C)c3)C2)cc1. The number of nitrogens with zero attached hydrogens (tertiary/aromatic N) is 3. The van der Waals surface area contributed by atoms with Crippen LogP contribution in [0.1, 0.15) is 48.7 Å². The molecule has 0 aliphatic carbocycles. The molecule has 1 aromatic carbocycles. The molecule has 5 heteroatoms. The Hall–Kier alpha value is -2.30. The van der Waals surface area contributed by atoms with Crippen molar-refractivity contribution in [3.05, 3.63) is 47.8 Å². The molecule has 2 heterocycles. The average molecular weight is 341 g/mol. The molecule has 3 rings (SSSR count). The Bertz CT molecular complexity index is 706. The van der Waals surface area contributed by atoms with E-state index in [4.69, 9.17) is 4.74 Å². The van der Waals surface area contributed by atoms with Crippen molar-refractivity contribution < 1.29 is 9.53 Å². The number of aryl methyl sites for hydroxylation is 1. The molecular weight excluding hydrogens is 314 g/mol. The lowest BCUT2D eigenvalue weighted by Gasteiger charge is -2.32. The second-order valence-corrected chi connectivity index (χ2v) is 7.19. The van der Waals surface area contributed by atoms with Crippen molar-refractivity contribution in [2.75, 3.05) is 19.7 Å². The van der Waals surface area contributed by atoms with Crippen molar-refractivity contribution in [2.45, 2.75) is 39.7 Å². The summed E-state index contributed by atoms with van der Waals surface area (Å²) in [7, 11) is 0. The van der Waals surface area contributed by atoms with Gasteiger partial charge in [-0.05, 0) is 45.7 Å². The van der Waals surface area contributed by atoms with E-state index in [2.05, 4.69) is 38.0 Å². The molecule has 0 saturated carbocycles. The molecule has 2 aromatic rings. The van der Waals surface area contributed by atoms with E-state index in [0.29, 0.717) is 18.1 Å². The van der Waals surface area contributed by atoms with Gasteiger partial charge in [0.15, 0.2) is 0 Å². The van der Waals surface area contributed by atoms with Crippen LogP contribution in [0, 0.1) is 12.8 Å². The highest BCUT2D eigenvalue weighted by atomic mass is 16.5. The second kappa shape index (κ2) is 7.72. The van der Waals surface area contributed by atoms with Crippen molar-refractivity contribution in [3.63, 3.8) is 0 Å². The van der Waals surface area contributed by atoms with Gasteiger partial charge < -0.3 is 9.64 Å². The zero-order valence-corrected chi connectivity index (χ0v) is 15.3. The van der Waals surface area contributed by atoms with E-state index in [1.54, 1.807) is 6.20 Å². The number of ether oxygens (including phenoxy) is 1. The van der Waals surface area contributed by atoms with Gasteiger partial charge in [0.1, 0.15) is 5.75 Å². The monoisotopic (exact) mass is 341 g/mol. The largest absolute Gasteiger partial charge is 0.493 e. The van der Waals surface area contributed by atoms with Crippen molar-refractivity contribution in [3.8, 4) is 5.75 Å². The van der Waals surface area contributed by atoms with Gasteiger partial charge in [-0.3, -0.25) is 9.48 Å². The highest BCUT2D eigenvalue weighted by Crippen LogP contribution is 2.21. The van der Waals surface area contributed by atoms with E-state index in [0.717, 1.165) is 31.7 Å². The molecule has 1 atom stereocenters. The normalized spacial score (nSPS) is 17.8. The first kappa shape index (κ1) is 17.5. The zero-order valence-electron chi connectivity index (χ0n) is 15.3. The Labute approximate surface area is 149 Å². The summed E-state index contributed by atoms with van der Waals surface area (Å²) in [5.74, 6) is 1.35. The summed E-state index contributed by atoms with van der Waals surface area (Å²) in [6, 6.07) is 8.37. The number of aromatic nitrogens is 2. The maximum Gasteiger partial charge on any atom is 0.257 e. The molecule has 0 unspecified atom stereocenters. The molecule has 1 aliphatic heterocycles. The van der Waals surface area contributed by atoms with Crippen LogP contribution in [0.3, 0.4) is 0 Å². The molecule has 1 aromatic heterocycles. The molecule has 1 saturated heterocycles. The average Bonchev–Trinajstić information content (AvgIpc) is 3.11. The summed E-state index contributed by atoms with van der Waals surface area (Å²) < 4.78 is 7.74. The van der Waals surface area contributed by atoms with Crippen LogP contribution in [0.15, 0.2) is 36.7 Å². The van der Waals surface area contributed by atoms with E-state index in [9.17, 15) is 4.79 Å². The lowest BCUT2D eigenvalue weighted by atomic mass is 9.98. The highest BCUT2D eigenvalue weighted by molar-refractivity contribution is 5.93. The van der Waals surface area contributed by atoms with Crippen LogP contribution >= 0.6 is 0 Å². The number of carbonyl (C=O) groups excluding carboxylic acids is 1. The topological polar surface area (TPSA) is 47.4 Å². The number of hydrogen-bond donors (Lipinski definition) is 0. The smallest absolute Gasteiger partial charge is 0.257 e. The summed E-state index contributed by atoms with van der Waals surface area (Å²) in [6.07, 6.45) is 5.64. The number of hydrogen-bond acceptors (Lipinski definition) is 3. The van der Waals surface area contributed by atoms with E-state index in [-0.39, 0.29) is 11.9 Å². The van der Waals surface area contributed by atoms with Crippen LogP contribution in [-0.2, 0) is 0 Å². The fraction of sp³-hybridized carbons (Fsp3) is 0.500. The van der Waals surface area contributed by atoms with Crippen molar-refractivity contribution in [2.24, 2.45) is 5.92 Å². The third-order valence-electron chi connectivity index (χ3n) is 4.69. The van der Waals surface area contributed by atoms with Gasteiger partial charge in [0.2, 0.25) is 0 Å². The van der Waals surface area contributed by atoms with E-state index in [1.165, 1.54) is 5.56 Å². The van der Waals surface area contributed by atoms with Crippen LogP contribution in [0.2, 0.25) is 0 Å². The number of rotatable bonds is 5. The molecule has 0 spiro atoms. The molecule has 1 amide bonds. The summed E-state index contributed by atoms with van der Waals surface area (Å²) in [5, 5.41) is 4.28. The third-order valence-corrected chi connectivity index (χ3v) is 4.69. The molecule has 1 fully saturated rings. The van der Waals surface area contributed by atoms with E-state index in [1.807, 2.05) is 27.9 Å². The molecule has 25 heavy (non-hydrogen) atoms. The maximum atomic E-state index is 12.7. The predicted octanol–water partition coefficient (Wildman–Crippen LogP) is 3.70. The van der Waals surface area contributed by atoms with Gasteiger partial charge in [-0.2, -0.15) is 5.10 Å². The third kappa shape index (κ3) is 4.41. The van der Waals surface area contributed by atoms with Gasteiger partial charge in [-0.25, -0.2) is 0 Å². The van der Waals surface area contributed by atoms with Gasteiger partial charge in [-0.15, -0.1) is 0 Å². The van der Waals surface area contributed by atoms with Crippen LogP contribution < -0.4 is 4.74 Å². The van der Waals surface area contributed by atoms with Crippen LogP contribution in [0.5, 0.6) is 5.75 Å². The van der Waals surface area contributed by atoms with Crippen LogP contribution in [0.25, 0.3) is 0 Å². The molecule has 0 N–H and O–H groups in total. The van der Waals surface area contributed by atoms with Crippen LogP contribution in [-0.4, -0.2) is 40.3 Å². The van der Waals surface area contributed by atoms with Crippen molar-refractivity contribution in [1.82, 2.24) is 14.7 Å². The minimum Gasteiger partial charge on any atom is -0.493 e. The van der Waals surface area contributed by atoms with Crippen LogP contribution in [0.4, 0.5) is 0 Å². The summed E-state index contributed by atoms with van der Waals surface area (Å²) in [4.78, 5) is 14.7. The second-order valence-electron chi connectivity index (χ2n) is 7.19. The molecular formula is C20H27N3O2. The first-order chi connectivity index (χ1) is 12.0. The Kier molecular flexibility index (Phi) is 5.41. The summed E-state index contributed by atoms with van der Waals surface area (Å²) in [5.41, 5.74) is 1.90. The van der Waals surface area contributed by atoms with Gasteiger partial charge in [0, 0.05) is 31.2 Å². The Morgan fingerprint density at radius 3 is 2.76 bits per heavy atom. The van der Waals surface area contributed by atoms with Crippen molar-refractivity contribution >= 4 is 5.91 Å². The van der Waals surface area contributed by atoms with Gasteiger partial charge in [-0.1, -0.05) is 17.7 Å². The lowest BCUT2D eigenvalue weighted by molar-refractivity contribution is 0.0633. The standard InChI is InChI=1S/C20H27N3O2/c1-15(2)23-13-18(11-21-23)20(24)22-10-4-5-17(12-22)14-25-19-8-6-16(3)7-9-19/h6-9,11,13,15,17H,4-5,10,12,14H2,1-3H3/t17-/m0/s1. The molecule has 1 aliphatic rings. The Morgan fingerprint density at radius 2 is 2.08 bits per heavy atom. The summed E-state index contributed by atoms with van der Waals surface area (Å²) >= 11 is 0. The minimum absolute atomic E-state index is 0.0759. The quantitative estimate of drug-likeness (QED) is 0.833. The Morgan fingerprint density at radius 1 is 1.32 bits per heavy atom. The number of benzene rings is 1. The molecule has 0 radical (unpaired) electrons. The van der Waals surface area contributed by atoms with E-state index < -0.39 is 0 Å². The Balaban J connectivity index is 1.56. The molecule has 134 valence electrons. The number of piperidine rings is 1. The number of amides is 1. The number of carbonyl (C=O) groups is 1. The fourth-order valence-electron chi connectivity index (χ4n) is 3.15. The van der Waals surface area contributed by atoms with Gasteiger partial charge in [0.05, 0.1) is 18.4 Å². The fourth-order valence-corrected chi connectivity index (χ4v) is 3.15. The van der Waals surface area contributed by atoms with E-state index >= 15 is 0 Å². The maximum absolute atomic E-state index is 12.7. The van der Waals surface area contributed by atoms with Gasteiger partial charge in [0.25, 0.3) is 5.91 Å². The van der Waals surface area contributed by atoms with Crippen molar-refractivity contribution in [1.29, 1.82) is 0 Å². The molecule has 5 nitrogen and oxygen atoms in total. The predicted molar refractivity (Wildman–Crippen MR) is 97.9 cm³/mol. The minimum atomic E-state index is 0.0759. The first-order valence-corrected chi connectivity index (χ1v) is 9.06. The van der Waals surface area contributed by atoms with Gasteiger partial charge >= 0.3 is 0 Å². The first-order valence-electron chi connectivity index (χ1n) is 9.06. The number of likely N-dealkylation sites (tertiary alicyclic amines) is 1. The molecule has 0 bridgehead atoms.